The van der Waals surface area contributed by atoms with Crippen LogP contribution < -0.4 is 10.6 Å². The van der Waals surface area contributed by atoms with Crippen molar-refractivity contribution in [1.82, 2.24) is 20.4 Å². The van der Waals surface area contributed by atoms with E-state index in [1.165, 1.54) is 32.1 Å². The molecule has 2 atom stereocenters. The van der Waals surface area contributed by atoms with E-state index in [0.717, 1.165) is 32.4 Å². The lowest BCUT2D eigenvalue weighted by atomic mass is 9.95. The molecule has 2 saturated heterocycles. The van der Waals surface area contributed by atoms with Crippen molar-refractivity contribution in [3.8, 4) is 0 Å². The summed E-state index contributed by atoms with van der Waals surface area (Å²) in [4.78, 5) is 28.7. The second-order valence-electron chi connectivity index (χ2n) is 7.67. The van der Waals surface area contributed by atoms with E-state index in [4.69, 9.17) is 0 Å². The van der Waals surface area contributed by atoms with E-state index in [-0.39, 0.29) is 11.9 Å². The Labute approximate surface area is 145 Å². The van der Waals surface area contributed by atoms with Crippen LogP contribution in [0.15, 0.2) is 0 Å². The summed E-state index contributed by atoms with van der Waals surface area (Å²) >= 11 is 0. The maximum absolute atomic E-state index is 12.4. The Hall–Kier alpha value is -1.30. The number of rotatable bonds is 4. The summed E-state index contributed by atoms with van der Waals surface area (Å²) < 4.78 is 0. The Bertz CT molecular complexity index is 450. The summed E-state index contributed by atoms with van der Waals surface area (Å²) in [6.07, 6.45) is 9.80. The average molecular weight is 336 g/mol. The Morgan fingerprint density at radius 1 is 1.00 bits per heavy atom. The van der Waals surface area contributed by atoms with Crippen LogP contribution in [0.4, 0.5) is 4.79 Å². The SMILES string of the molecule is CN1C2CCC1CN(C(=O)NCCC(=O)NC1CCCCC1)CC2. The summed E-state index contributed by atoms with van der Waals surface area (Å²) in [6.45, 7) is 2.07. The van der Waals surface area contributed by atoms with Gasteiger partial charge in [0.05, 0.1) is 0 Å². The zero-order chi connectivity index (χ0) is 16.9. The first-order chi connectivity index (χ1) is 11.6. The molecule has 3 fully saturated rings. The van der Waals surface area contributed by atoms with Crippen LogP contribution in [0.25, 0.3) is 0 Å². The molecule has 0 spiro atoms. The molecule has 6 heteroatoms. The highest BCUT2D eigenvalue weighted by atomic mass is 16.2. The molecule has 0 aromatic heterocycles. The highest BCUT2D eigenvalue weighted by molar-refractivity contribution is 5.78. The predicted molar refractivity (Wildman–Crippen MR) is 93.8 cm³/mol. The fourth-order valence-corrected chi connectivity index (χ4v) is 4.43. The third-order valence-electron chi connectivity index (χ3n) is 6.03. The van der Waals surface area contributed by atoms with Gasteiger partial charge in [0.2, 0.25) is 5.91 Å². The number of likely N-dealkylation sites (N-methyl/N-ethyl adjacent to an activating group) is 1. The molecule has 0 aromatic carbocycles. The van der Waals surface area contributed by atoms with Crippen molar-refractivity contribution in [1.29, 1.82) is 0 Å². The number of amides is 3. The first-order valence-corrected chi connectivity index (χ1v) is 9.67. The first-order valence-electron chi connectivity index (χ1n) is 9.67. The van der Waals surface area contributed by atoms with Crippen LogP contribution in [0.1, 0.15) is 57.8 Å². The third kappa shape index (κ3) is 4.41. The minimum atomic E-state index is -0.0126. The molecule has 24 heavy (non-hydrogen) atoms. The van der Waals surface area contributed by atoms with E-state index in [2.05, 4.69) is 22.6 Å². The highest BCUT2D eigenvalue weighted by Crippen LogP contribution is 2.28. The Kier molecular flexibility index (Phi) is 5.98. The standard InChI is InChI=1S/C18H32N4O2/c1-21-15-7-8-16(21)13-22(12-10-15)18(24)19-11-9-17(23)20-14-5-3-2-4-6-14/h14-16H,2-13H2,1H3,(H,19,24)(H,20,23). The fraction of sp³-hybridized carbons (Fsp3) is 0.889. The van der Waals surface area contributed by atoms with Crippen LogP contribution in [-0.4, -0.2) is 66.5 Å². The van der Waals surface area contributed by atoms with Crippen LogP contribution in [0, 0.1) is 0 Å². The Balaban J connectivity index is 1.35. The smallest absolute Gasteiger partial charge is 0.317 e. The van der Waals surface area contributed by atoms with Crippen LogP contribution in [0.3, 0.4) is 0 Å². The number of urea groups is 1. The van der Waals surface area contributed by atoms with Crippen LogP contribution in [0.2, 0.25) is 0 Å². The second kappa shape index (κ2) is 8.19. The lowest BCUT2D eigenvalue weighted by molar-refractivity contribution is -0.121. The number of nitrogens with one attached hydrogen (secondary N) is 2. The average Bonchev–Trinajstić information content (AvgIpc) is 2.80. The maximum Gasteiger partial charge on any atom is 0.317 e. The van der Waals surface area contributed by atoms with Crippen molar-refractivity contribution >= 4 is 11.9 Å². The summed E-state index contributed by atoms with van der Waals surface area (Å²) in [5.41, 5.74) is 0. The molecule has 2 bridgehead atoms. The quantitative estimate of drug-likeness (QED) is 0.821. The summed E-state index contributed by atoms with van der Waals surface area (Å²) in [6, 6.07) is 1.46. The van der Waals surface area contributed by atoms with Gasteiger partial charge in [-0.2, -0.15) is 0 Å². The highest BCUT2D eigenvalue weighted by Gasteiger charge is 2.35. The van der Waals surface area contributed by atoms with Gasteiger partial charge >= 0.3 is 6.03 Å². The molecule has 2 heterocycles. The van der Waals surface area contributed by atoms with Crippen molar-refractivity contribution < 1.29 is 9.59 Å². The molecule has 3 aliphatic rings. The zero-order valence-corrected chi connectivity index (χ0v) is 14.9. The molecule has 1 aliphatic carbocycles. The number of fused-ring (bicyclic) bond motifs is 2. The minimum absolute atomic E-state index is 0.0126. The van der Waals surface area contributed by atoms with Crippen molar-refractivity contribution in [2.45, 2.75) is 75.9 Å². The number of hydrogen-bond donors (Lipinski definition) is 2. The Morgan fingerprint density at radius 2 is 1.75 bits per heavy atom. The molecule has 136 valence electrons. The van der Waals surface area contributed by atoms with Gasteiger partial charge in [0.25, 0.3) is 0 Å². The Morgan fingerprint density at radius 3 is 2.54 bits per heavy atom. The minimum Gasteiger partial charge on any atom is -0.353 e. The van der Waals surface area contributed by atoms with E-state index in [0.29, 0.717) is 31.1 Å². The third-order valence-corrected chi connectivity index (χ3v) is 6.03. The molecule has 1 saturated carbocycles. The molecule has 2 N–H and O–H groups in total. The van der Waals surface area contributed by atoms with Gasteiger partial charge in [-0.25, -0.2) is 4.79 Å². The molecule has 3 rings (SSSR count). The van der Waals surface area contributed by atoms with E-state index >= 15 is 0 Å². The van der Waals surface area contributed by atoms with E-state index in [9.17, 15) is 9.59 Å². The molecule has 0 radical (unpaired) electrons. The van der Waals surface area contributed by atoms with Gasteiger partial charge in [-0.1, -0.05) is 19.3 Å². The van der Waals surface area contributed by atoms with Gasteiger partial charge in [0.15, 0.2) is 0 Å². The number of likely N-dealkylation sites (tertiary alicyclic amines) is 1. The second-order valence-corrected chi connectivity index (χ2v) is 7.67. The molecule has 6 nitrogen and oxygen atoms in total. The van der Waals surface area contributed by atoms with E-state index < -0.39 is 0 Å². The van der Waals surface area contributed by atoms with Gasteiger partial charge in [-0.05, 0) is 39.2 Å². The number of hydrogen-bond acceptors (Lipinski definition) is 3. The largest absolute Gasteiger partial charge is 0.353 e. The molecular weight excluding hydrogens is 304 g/mol. The number of nitrogens with zero attached hydrogens (tertiary/aromatic N) is 2. The van der Waals surface area contributed by atoms with Crippen molar-refractivity contribution in [3.05, 3.63) is 0 Å². The number of carbonyl (C=O) groups is 2. The lowest BCUT2D eigenvalue weighted by Crippen LogP contribution is -2.45. The molecule has 2 aliphatic heterocycles. The molecular formula is C18H32N4O2. The normalized spacial score (nSPS) is 28.5. The van der Waals surface area contributed by atoms with Crippen LogP contribution >= 0.6 is 0 Å². The van der Waals surface area contributed by atoms with Crippen LogP contribution in [0.5, 0.6) is 0 Å². The van der Waals surface area contributed by atoms with Gasteiger partial charge in [0, 0.05) is 44.2 Å². The summed E-state index contributed by atoms with van der Waals surface area (Å²) in [5.74, 6) is 0.0665. The van der Waals surface area contributed by atoms with Crippen LogP contribution in [-0.2, 0) is 4.79 Å². The summed E-state index contributed by atoms with van der Waals surface area (Å²) in [7, 11) is 2.18. The van der Waals surface area contributed by atoms with Crippen molar-refractivity contribution in [2.75, 3.05) is 26.7 Å². The lowest BCUT2D eigenvalue weighted by Gasteiger charge is -2.26. The van der Waals surface area contributed by atoms with Crippen molar-refractivity contribution in [2.24, 2.45) is 0 Å². The zero-order valence-electron chi connectivity index (χ0n) is 14.9. The van der Waals surface area contributed by atoms with Gasteiger partial charge in [-0.3, -0.25) is 9.69 Å². The first kappa shape index (κ1) is 17.5. The molecule has 0 aromatic rings. The fourth-order valence-electron chi connectivity index (χ4n) is 4.43. The summed E-state index contributed by atoms with van der Waals surface area (Å²) in [5, 5.41) is 6.03. The monoisotopic (exact) mass is 336 g/mol. The van der Waals surface area contributed by atoms with Gasteiger partial charge < -0.3 is 15.5 Å². The topological polar surface area (TPSA) is 64.7 Å². The van der Waals surface area contributed by atoms with Gasteiger partial charge in [-0.15, -0.1) is 0 Å². The van der Waals surface area contributed by atoms with E-state index in [1.807, 2.05) is 4.90 Å². The predicted octanol–water partition coefficient (Wildman–Crippen LogP) is 1.70. The van der Waals surface area contributed by atoms with Gasteiger partial charge in [0.1, 0.15) is 0 Å². The van der Waals surface area contributed by atoms with E-state index in [1.54, 1.807) is 0 Å². The molecule has 2 unspecified atom stereocenters. The molecule has 3 amide bonds. The maximum atomic E-state index is 12.4. The van der Waals surface area contributed by atoms with Crippen molar-refractivity contribution in [3.63, 3.8) is 0 Å². The number of carbonyl (C=O) groups excluding carboxylic acids is 2.